The van der Waals surface area contributed by atoms with Crippen LogP contribution in [0.2, 0.25) is 0 Å². The van der Waals surface area contributed by atoms with E-state index in [1.165, 1.54) is 51.5 Å². The molecule has 19 heavy (non-hydrogen) atoms. The lowest BCUT2D eigenvalue weighted by atomic mass is 9.70. The summed E-state index contributed by atoms with van der Waals surface area (Å²) in [6.07, 6.45) is 9.44. The lowest BCUT2D eigenvalue weighted by Gasteiger charge is -2.55. The van der Waals surface area contributed by atoms with Crippen LogP contribution in [0.25, 0.3) is 0 Å². The first-order valence-corrected chi connectivity index (χ1v) is 8.06. The molecular weight excluding hydrogens is 234 g/mol. The fourth-order valence-corrected chi connectivity index (χ4v) is 4.35. The normalized spacial score (nSPS) is 34.6. The molecule has 0 aliphatic heterocycles. The van der Waals surface area contributed by atoms with E-state index in [0.29, 0.717) is 5.54 Å². The minimum absolute atomic E-state index is 0.247. The molecule has 112 valence electrons. The van der Waals surface area contributed by atoms with Gasteiger partial charge in [-0.15, -0.1) is 0 Å². The van der Waals surface area contributed by atoms with Crippen molar-refractivity contribution in [2.75, 3.05) is 34.2 Å². The largest absolute Gasteiger partial charge is 0.329 e. The zero-order chi connectivity index (χ0) is 14.1. The molecule has 2 atom stereocenters. The van der Waals surface area contributed by atoms with Gasteiger partial charge in [0, 0.05) is 24.2 Å². The van der Waals surface area contributed by atoms with E-state index < -0.39 is 0 Å². The molecule has 2 N–H and O–H groups in total. The fourth-order valence-electron chi connectivity index (χ4n) is 4.35. The number of nitrogens with zero attached hydrogens (tertiary/aromatic N) is 2. The van der Waals surface area contributed by atoms with Crippen molar-refractivity contribution < 1.29 is 0 Å². The molecule has 0 saturated heterocycles. The molecule has 0 bridgehead atoms. The Hall–Kier alpha value is -0.120. The third kappa shape index (κ3) is 2.57. The summed E-state index contributed by atoms with van der Waals surface area (Å²) in [5.41, 5.74) is 6.89. The smallest absolute Gasteiger partial charge is 0.0354 e. The number of likely N-dealkylation sites (N-methyl/N-ethyl adjacent to an activating group) is 2. The molecule has 2 saturated carbocycles. The van der Waals surface area contributed by atoms with E-state index in [-0.39, 0.29) is 5.54 Å². The third-order valence-corrected chi connectivity index (χ3v) is 6.29. The topological polar surface area (TPSA) is 32.5 Å². The van der Waals surface area contributed by atoms with E-state index in [4.69, 9.17) is 5.73 Å². The Bertz CT molecular complexity index is 298. The predicted molar refractivity (Wildman–Crippen MR) is 82.3 cm³/mol. The van der Waals surface area contributed by atoms with E-state index in [1.54, 1.807) is 0 Å². The molecule has 2 aliphatic carbocycles. The maximum atomic E-state index is 6.23. The Labute approximate surface area is 119 Å². The van der Waals surface area contributed by atoms with Gasteiger partial charge < -0.3 is 10.6 Å². The molecular formula is C16H33N3. The highest BCUT2D eigenvalue weighted by Gasteiger charge is 2.46. The summed E-state index contributed by atoms with van der Waals surface area (Å²) in [5, 5.41) is 0. The van der Waals surface area contributed by atoms with Crippen LogP contribution in [-0.2, 0) is 0 Å². The van der Waals surface area contributed by atoms with Gasteiger partial charge in [-0.2, -0.15) is 0 Å². The van der Waals surface area contributed by atoms with Crippen LogP contribution >= 0.6 is 0 Å². The molecule has 0 aromatic carbocycles. The maximum Gasteiger partial charge on any atom is 0.0354 e. The molecule has 0 aromatic heterocycles. The molecule has 2 aliphatic rings. The Kier molecular flexibility index (Phi) is 4.59. The van der Waals surface area contributed by atoms with E-state index >= 15 is 0 Å². The lowest BCUT2D eigenvalue weighted by Crippen LogP contribution is -2.65. The van der Waals surface area contributed by atoms with Crippen LogP contribution in [0.5, 0.6) is 0 Å². The molecule has 0 heterocycles. The summed E-state index contributed by atoms with van der Waals surface area (Å²) in [5.74, 6) is 0.732. The first kappa shape index (κ1) is 15.3. The van der Waals surface area contributed by atoms with Crippen LogP contribution in [0.4, 0.5) is 0 Å². The Morgan fingerprint density at radius 2 is 1.74 bits per heavy atom. The number of hydrogen-bond donors (Lipinski definition) is 1. The average molecular weight is 267 g/mol. The highest BCUT2D eigenvalue weighted by atomic mass is 15.3. The van der Waals surface area contributed by atoms with Crippen molar-refractivity contribution in [1.29, 1.82) is 0 Å². The highest BCUT2D eigenvalue weighted by molar-refractivity contribution is 5.04. The van der Waals surface area contributed by atoms with Crippen LogP contribution in [0.15, 0.2) is 0 Å². The summed E-state index contributed by atoms with van der Waals surface area (Å²) >= 11 is 0. The second-order valence-electron chi connectivity index (χ2n) is 7.28. The van der Waals surface area contributed by atoms with Crippen molar-refractivity contribution in [2.45, 2.75) is 62.9 Å². The molecule has 2 rings (SSSR count). The van der Waals surface area contributed by atoms with Crippen molar-refractivity contribution >= 4 is 0 Å². The number of rotatable bonds is 5. The monoisotopic (exact) mass is 267 g/mol. The quantitative estimate of drug-likeness (QED) is 0.829. The van der Waals surface area contributed by atoms with Gasteiger partial charge in [0.05, 0.1) is 0 Å². The number of nitrogens with two attached hydrogens (primary N) is 1. The molecule has 2 unspecified atom stereocenters. The third-order valence-electron chi connectivity index (χ3n) is 6.29. The van der Waals surface area contributed by atoms with Crippen molar-refractivity contribution in [1.82, 2.24) is 9.80 Å². The summed E-state index contributed by atoms with van der Waals surface area (Å²) in [6.45, 7) is 4.40. The minimum atomic E-state index is 0.247. The summed E-state index contributed by atoms with van der Waals surface area (Å²) in [6, 6.07) is 0. The molecule has 3 heteroatoms. The van der Waals surface area contributed by atoms with Gasteiger partial charge in [-0.25, -0.2) is 0 Å². The van der Waals surface area contributed by atoms with E-state index in [9.17, 15) is 0 Å². The van der Waals surface area contributed by atoms with Gasteiger partial charge in [-0.05, 0) is 59.2 Å². The van der Waals surface area contributed by atoms with Gasteiger partial charge in [0.25, 0.3) is 0 Å². The summed E-state index contributed by atoms with van der Waals surface area (Å²) in [4.78, 5) is 5.07. The van der Waals surface area contributed by atoms with E-state index in [2.05, 4.69) is 37.9 Å². The average Bonchev–Trinajstić information content (AvgIpc) is 2.34. The van der Waals surface area contributed by atoms with Crippen LogP contribution < -0.4 is 5.73 Å². The first-order valence-electron chi connectivity index (χ1n) is 8.06. The Balaban J connectivity index is 2.10. The van der Waals surface area contributed by atoms with Gasteiger partial charge in [-0.3, -0.25) is 4.90 Å². The summed E-state index contributed by atoms with van der Waals surface area (Å²) < 4.78 is 0. The van der Waals surface area contributed by atoms with Gasteiger partial charge in [-0.1, -0.05) is 19.8 Å². The Morgan fingerprint density at radius 3 is 2.16 bits per heavy atom. The molecule has 0 aromatic rings. The van der Waals surface area contributed by atoms with Crippen molar-refractivity contribution in [2.24, 2.45) is 11.7 Å². The minimum Gasteiger partial charge on any atom is -0.329 e. The van der Waals surface area contributed by atoms with Crippen LogP contribution in [-0.4, -0.2) is 55.1 Å². The van der Waals surface area contributed by atoms with E-state index in [0.717, 1.165) is 12.5 Å². The fraction of sp³-hybridized carbons (Fsp3) is 1.00. The van der Waals surface area contributed by atoms with Crippen molar-refractivity contribution in [3.63, 3.8) is 0 Å². The SMILES string of the molecule is CC1CCCCC1(CN)N(C)CC1(N(C)C)CCC1. The molecule has 0 spiro atoms. The molecule has 3 nitrogen and oxygen atoms in total. The maximum absolute atomic E-state index is 6.23. The second kappa shape index (κ2) is 5.71. The number of hydrogen-bond acceptors (Lipinski definition) is 3. The molecule has 0 amide bonds. The van der Waals surface area contributed by atoms with Crippen LogP contribution in [0, 0.1) is 5.92 Å². The second-order valence-corrected chi connectivity index (χ2v) is 7.28. The lowest BCUT2D eigenvalue weighted by molar-refractivity contribution is -0.0374. The first-order chi connectivity index (χ1) is 8.97. The predicted octanol–water partition coefficient (Wildman–Crippen LogP) is 2.31. The van der Waals surface area contributed by atoms with Gasteiger partial charge in [0.15, 0.2) is 0 Å². The zero-order valence-corrected chi connectivity index (χ0v) is 13.4. The Morgan fingerprint density at radius 1 is 1.05 bits per heavy atom. The molecule has 0 radical (unpaired) electrons. The van der Waals surface area contributed by atoms with Gasteiger partial charge in [0.1, 0.15) is 0 Å². The standard InChI is InChI=1S/C16H33N3/c1-14-8-5-6-11-16(14,12-17)19(4)13-15(18(2)3)9-7-10-15/h14H,5-13,17H2,1-4H3. The molecule has 2 fully saturated rings. The van der Waals surface area contributed by atoms with E-state index in [1.807, 2.05) is 0 Å². The van der Waals surface area contributed by atoms with Gasteiger partial charge >= 0.3 is 0 Å². The zero-order valence-electron chi connectivity index (χ0n) is 13.4. The van der Waals surface area contributed by atoms with Crippen LogP contribution in [0.1, 0.15) is 51.9 Å². The summed E-state index contributed by atoms with van der Waals surface area (Å²) in [7, 11) is 6.80. The highest BCUT2D eigenvalue weighted by Crippen LogP contribution is 2.42. The van der Waals surface area contributed by atoms with Crippen molar-refractivity contribution in [3.05, 3.63) is 0 Å². The van der Waals surface area contributed by atoms with Crippen LogP contribution in [0.3, 0.4) is 0 Å². The van der Waals surface area contributed by atoms with Gasteiger partial charge in [0.2, 0.25) is 0 Å². The van der Waals surface area contributed by atoms with Crippen molar-refractivity contribution in [3.8, 4) is 0 Å².